The van der Waals surface area contributed by atoms with E-state index in [4.69, 9.17) is 4.42 Å². The number of aliphatic hydroxyl groups is 1. The van der Waals surface area contributed by atoms with Crippen LogP contribution in [0.15, 0.2) is 41.1 Å². The molecule has 1 atom stereocenters. The number of nitrogens with zero attached hydrogens (tertiary/aromatic N) is 2. The number of aromatic nitrogens is 2. The maximum atomic E-state index is 10.6. The minimum Gasteiger partial charge on any atom is -0.453 e. The molecular formula is C17H21Cl2N3O2. The number of nitrogens with one attached hydrogen (secondary N) is 1. The highest BCUT2D eigenvalue weighted by atomic mass is 35.5. The second-order valence-electron chi connectivity index (χ2n) is 6.08. The zero-order chi connectivity index (χ0) is 15.2. The summed E-state index contributed by atoms with van der Waals surface area (Å²) in [6.07, 6.45) is 4.41. The van der Waals surface area contributed by atoms with Gasteiger partial charge in [-0.05, 0) is 26.0 Å². The predicted octanol–water partition coefficient (Wildman–Crippen LogP) is 3.17. The number of hydrogen-bond acceptors (Lipinski definition) is 4. The van der Waals surface area contributed by atoms with E-state index >= 15 is 0 Å². The standard InChI is InChI=1S/C17H19N3O2.2ClH/c1-12-13-4-2-3-5-14(13)22-15(12)16-19-8-9-20(16)11-17(21)6-7-18-10-17;;/h2-5,8-9,18,21H,6-7,10-11H2,1H3;2*1H. The van der Waals surface area contributed by atoms with Gasteiger partial charge in [-0.2, -0.15) is 0 Å². The molecular weight excluding hydrogens is 349 g/mol. The lowest BCUT2D eigenvalue weighted by molar-refractivity contribution is 0.0435. The van der Waals surface area contributed by atoms with Gasteiger partial charge in [-0.15, -0.1) is 24.8 Å². The fourth-order valence-electron chi connectivity index (χ4n) is 3.22. The molecule has 0 saturated carbocycles. The molecule has 0 amide bonds. The Labute approximate surface area is 152 Å². The third-order valence-corrected chi connectivity index (χ3v) is 4.45. The molecule has 0 bridgehead atoms. The Hall–Kier alpha value is -1.53. The first-order chi connectivity index (χ1) is 10.7. The first-order valence-corrected chi connectivity index (χ1v) is 7.59. The van der Waals surface area contributed by atoms with Crippen LogP contribution in [0.25, 0.3) is 22.6 Å². The highest BCUT2D eigenvalue weighted by Crippen LogP contribution is 2.32. The molecule has 130 valence electrons. The number of hydrogen-bond donors (Lipinski definition) is 2. The quantitative estimate of drug-likeness (QED) is 0.744. The molecule has 1 fully saturated rings. The summed E-state index contributed by atoms with van der Waals surface area (Å²) in [5.74, 6) is 1.55. The van der Waals surface area contributed by atoms with Gasteiger partial charge < -0.3 is 19.4 Å². The van der Waals surface area contributed by atoms with Crippen LogP contribution in [0.5, 0.6) is 0 Å². The number of furan rings is 1. The molecule has 1 aliphatic heterocycles. The summed E-state index contributed by atoms with van der Waals surface area (Å²) < 4.78 is 7.98. The third-order valence-electron chi connectivity index (χ3n) is 4.45. The first kappa shape index (κ1) is 18.8. The van der Waals surface area contributed by atoms with Gasteiger partial charge in [0.05, 0.1) is 12.1 Å². The Kier molecular flexibility index (Phi) is 5.60. The lowest BCUT2D eigenvalue weighted by atomic mass is 10.0. The molecule has 2 N–H and O–H groups in total. The summed E-state index contributed by atoms with van der Waals surface area (Å²) in [5, 5.41) is 14.9. The van der Waals surface area contributed by atoms with E-state index in [-0.39, 0.29) is 24.8 Å². The number of imidazole rings is 1. The van der Waals surface area contributed by atoms with Crippen molar-refractivity contribution < 1.29 is 9.52 Å². The first-order valence-electron chi connectivity index (χ1n) is 7.59. The van der Waals surface area contributed by atoms with Crippen LogP contribution in [-0.4, -0.2) is 33.3 Å². The molecule has 3 aromatic rings. The Morgan fingerprint density at radius 3 is 2.83 bits per heavy atom. The van der Waals surface area contributed by atoms with E-state index < -0.39 is 5.60 Å². The summed E-state index contributed by atoms with van der Waals surface area (Å²) >= 11 is 0. The van der Waals surface area contributed by atoms with Crippen LogP contribution >= 0.6 is 24.8 Å². The highest BCUT2D eigenvalue weighted by molar-refractivity contribution is 5.86. The van der Waals surface area contributed by atoms with Gasteiger partial charge >= 0.3 is 0 Å². The number of β-amino-alcohol motifs (C(OH)–C–C–N with tert-alkyl or cyclic N) is 1. The average molecular weight is 370 g/mol. The molecule has 4 rings (SSSR count). The van der Waals surface area contributed by atoms with Gasteiger partial charge in [-0.3, -0.25) is 0 Å². The van der Waals surface area contributed by atoms with E-state index in [9.17, 15) is 5.11 Å². The minimum absolute atomic E-state index is 0. The van der Waals surface area contributed by atoms with Crippen molar-refractivity contribution in [2.45, 2.75) is 25.5 Å². The van der Waals surface area contributed by atoms with Crippen LogP contribution in [0.1, 0.15) is 12.0 Å². The number of benzene rings is 1. The molecule has 0 spiro atoms. The Bertz CT molecular complexity index is 822. The van der Waals surface area contributed by atoms with E-state index in [0.717, 1.165) is 41.1 Å². The van der Waals surface area contributed by atoms with Crippen molar-refractivity contribution in [1.29, 1.82) is 0 Å². The summed E-state index contributed by atoms with van der Waals surface area (Å²) in [6, 6.07) is 8.00. The predicted molar refractivity (Wildman–Crippen MR) is 99.1 cm³/mol. The van der Waals surface area contributed by atoms with Crippen LogP contribution < -0.4 is 5.32 Å². The molecule has 2 aromatic heterocycles. The van der Waals surface area contributed by atoms with Gasteiger partial charge in [0, 0.05) is 29.9 Å². The largest absolute Gasteiger partial charge is 0.453 e. The number of fused-ring (bicyclic) bond motifs is 1. The molecule has 1 saturated heterocycles. The van der Waals surface area contributed by atoms with Crippen molar-refractivity contribution in [3.63, 3.8) is 0 Å². The molecule has 1 aliphatic rings. The van der Waals surface area contributed by atoms with E-state index in [1.807, 2.05) is 35.9 Å². The zero-order valence-electron chi connectivity index (χ0n) is 13.4. The lowest BCUT2D eigenvalue weighted by Crippen LogP contribution is -2.36. The fraction of sp³-hybridized carbons (Fsp3) is 0.353. The molecule has 7 heteroatoms. The van der Waals surface area contributed by atoms with Crippen LogP contribution in [-0.2, 0) is 6.54 Å². The summed E-state index contributed by atoms with van der Waals surface area (Å²) in [4.78, 5) is 4.45. The second kappa shape index (κ2) is 7.15. The second-order valence-corrected chi connectivity index (χ2v) is 6.08. The number of aryl methyl sites for hydroxylation is 1. The van der Waals surface area contributed by atoms with Crippen molar-refractivity contribution >= 4 is 35.8 Å². The van der Waals surface area contributed by atoms with Gasteiger partial charge in [0.1, 0.15) is 5.58 Å². The van der Waals surface area contributed by atoms with Gasteiger partial charge in [-0.25, -0.2) is 4.98 Å². The van der Waals surface area contributed by atoms with Crippen LogP contribution in [0.4, 0.5) is 0 Å². The summed E-state index contributed by atoms with van der Waals surface area (Å²) in [7, 11) is 0. The van der Waals surface area contributed by atoms with Crippen molar-refractivity contribution in [3.8, 4) is 11.6 Å². The Morgan fingerprint density at radius 2 is 2.12 bits per heavy atom. The molecule has 24 heavy (non-hydrogen) atoms. The van der Waals surface area contributed by atoms with E-state index in [1.54, 1.807) is 6.20 Å². The smallest absolute Gasteiger partial charge is 0.176 e. The summed E-state index contributed by atoms with van der Waals surface area (Å²) in [6.45, 7) is 4.03. The number of para-hydroxylation sites is 1. The average Bonchev–Trinajstić information content (AvgIpc) is 3.20. The van der Waals surface area contributed by atoms with Crippen molar-refractivity contribution in [2.24, 2.45) is 0 Å². The molecule has 3 heterocycles. The summed E-state index contributed by atoms with van der Waals surface area (Å²) in [5.41, 5.74) is 1.24. The maximum absolute atomic E-state index is 10.6. The van der Waals surface area contributed by atoms with Gasteiger partial charge in [0.15, 0.2) is 11.6 Å². The SMILES string of the molecule is Cc1c(-c2nccn2CC2(O)CCNC2)oc2ccccc12.Cl.Cl. The highest BCUT2D eigenvalue weighted by Gasteiger charge is 2.32. The van der Waals surface area contributed by atoms with Crippen molar-refractivity contribution in [3.05, 3.63) is 42.2 Å². The number of halogens is 2. The monoisotopic (exact) mass is 369 g/mol. The van der Waals surface area contributed by atoms with E-state index in [0.29, 0.717) is 13.1 Å². The number of rotatable bonds is 3. The zero-order valence-corrected chi connectivity index (χ0v) is 15.0. The van der Waals surface area contributed by atoms with Crippen LogP contribution in [0.3, 0.4) is 0 Å². The van der Waals surface area contributed by atoms with Gasteiger partial charge in [0.2, 0.25) is 0 Å². The maximum Gasteiger partial charge on any atom is 0.176 e. The molecule has 1 aromatic carbocycles. The van der Waals surface area contributed by atoms with Gasteiger partial charge in [0.25, 0.3) is 0 Å². The topological polar surface area (TPSA) is 63.2 Å². The van der Waals surface area contributed by atoms with Crippen LogP contribution in [0.2, 0.25) is 0 Å². The van der Waals surface area contributed by atoms with E-state index in [2.05, 4.69) is 16.4 Å². The normalized spacial score (nSPS) is 19.9. The van der Waals surface area contributed by atoms with Gasteiger partial charge in [-0.1, -0.05) is 18.2 Å². The molecule has 1 unspecified atom stereocenters. The van der Waals surface area contributed by atoms with Crippen molar-refractivity contribution in [2.75, 3.05) is 13.1 Å². The molecule has 0 aliphatic carbocycles. The molecule has 5 nitrogen and oxygen atoms in total. The molecule has 0 radical (unpaired) electrons. The third kappa shape index (κ3) is 3.17. The lowest BCUT2D eigenvalue weighted by Gasteiger charge is -2.22. The van der Waals surface area contributed by atoms with Crippen molar-refractivity contribution in [1.82, 2.24) is 14.9 Å². The van der Waals surface area contributed by atoms with E-state index in [1.165, 1.54) is 0 Å². The van der Waals surface area contributed by atoms with Crippen LogP contribution in [0, 0.1) is 6.92 Å². The fourth-order valence-corrected chi connectivity index (χ4v) is 3.22. The minimum atomic E-state index is -0.713. The Balaban J connectivity index is 0.00000104. The Morgan fingerprint density at radius 1 is 1.33 bits per heavy atom.